The molecule has 8 nitrogen and oxygen atoms in total. The van der Waals surface area contributed by atoms with Gasteiger partial charge in [-0.3, -0.25) is 4.79 Å². The van der Waals surface area contributed by atoms with E-state index in [0.29, 0.717) is 30.3 Å². The molecule has 0 radical (unpaired) electrons. The molecule has 0 spiro atoms. The molecule has 4 aliphatic carbocycles. The highest BCUT2D eigenvalue weighted by molar-refractivity contribution is 8.13. The average Bonchev–Trinajstić information content (AvgIpc) is 3.60. The van der Waals surface area contributed by atoms with Crippen LogP contribution in [0.2, 0.25) is 0 Å². The van der Waals surface area contributed by atoms with E-state index in [0.717, 1.165) is 36.8 Å². The summed E-state index contributed by atoms with van der Waals surface area (Å²) in [5.74, 6) is -1.78. The molecule has 44 heavy (non-hydrogen) atoms. The van der Waals surface area contributed by atoms with Crippen molar-refractivity contribution in [2.75, 3.05) is 6.01 Å². The zero-order valence-electron chi connectivity index (χ0n) is 25.0. The Labute approximate surface area is 259 Å². The minimum Gasteiger partial charge on any atom is -0.451 e. The number of aliphatic hydroxyl groups excluding tert-OH is 1. The minimum atomic E-state index is -1.66. The number of fused-ring (bicyclic) bond motifs is 5. The summed E-state index contributed by atoms with van der Waals surface area (Å²) in [6.07, 6.45) is 7.92. The number of nitrogens with two attached hydrogens (primary N) is 1. The largest absolute Gasteiger partial charge is 0.451 e. The lowest BCUT2D eigenvalue weighted by Gasteiger charge is -2.61. The lowest BCUT2D eigenvalue weighted by Crippen LogP contribution is -2.63. The van der Waals surface area contributed by atoms with Crippen LogP contribution in [0.15, 0.2) is 69.8 Å². The fourth-order valence-electron chi connectivity index (χ4n) is 9.27. The van der Waals surface area contributed by atoms with Crippen molar-refractivity contribution in [2.24, 2.45) is 45.2 Å². The molecule has 1 aromatic carbocycles. The fraction of sp³-hybridized carbons (Fsp3) is 0.515. The summed E-state index contributed by atoms with van der Waals surface area (Å²) < 4.78 is 38.3. The van der Waals surface area contributed by atoms with E-state index in [4.69, 9.17) is 19.9 Å². The van der Waals surface area contributed by atoms with Crippen molar-refractivity contribution in [1.29, 1.82) is 0 Å². The second kappa shape index (κ2) is 11.2. The smallest absolute Gasteiger partial charge is 0.361 e. The first-order valence-electron chi connectivity index (χ1n) is 15.0. The number of rotatable bonds is 5. The second-order valence-electron chi connectivity index (χ2n) is 13.1. The van der Waals surface area contributed by atoms with Crippen LogP contribution in [0, 0.1) is 40.3 Å². The second-order valence-corrected chi connectivity index (χ2v) is 14.0. The number of halogens is 2. The lowest BCUT2D eigenvalue weighted by atomic mass is 9.45. The molecular weight excluding hydrogens is 588 g/mol. The number of nitrogens with zero attached hydrogens (tertiary/aromatic N) is 2. The molecule has 1 heterocycles. The molecule has 0 aliphatic heterocycles. The van der Waals surface area contributed by atoms with Gasteiger partial charge in [0, 0.05) is 11.3 Å². The molecule has 1 aromatic heterocycles. The van der Waals surface area contributed by atoms with Crippen LogP contribution in [0.3, 0.4) is 0 Å². The molecule has 3 fully saturated rings. The summed E-state index contributed by atoms with van der Waals surface area (Å²) in [4.78, 5) is 35.8. The Hall–Kier alpha value is -3.31. The van der Waals surface area contributed by atoms with Crippen molar-refractivity contribution in [1.82, 2.24) is 4.98 Å². The van der Waals surface area contributed by atoms with Gasteiger partial charge in [0.1, 0.15) is 18.1 Å². The zero-order chi connectivity index (χ0) is 31.4. The number of aliphatic hydroxyl groups is 1. The number of aromatic nitrogens is 1. The highest BCUT2D eigenvalue weighted by Crippen LogP contribution is 2.70. The summed E-state index contributed by atoms with van der Waals surface area (Å²) in [5.41, 5.74) is 6.39. The molecule has 3 N–H and O–H groups in total. The van der Waals surface area contributed by atoms with Crippen LogP contribution in [0.4, 0.5) is 14.5 Å². The molecule has 2 unspecified atom stereocenters. The lowest BCUT2D eigenvalue weighted by molar-refractivity contribution is -0.179. The average molecular weight is 626 g/mol. The predicted octanol–water partition coefficient (Wildman–Crippen LogP) is 6.30. The Morgan fingerprint density at radius 1 is 1.30 bits per heavy atom. The number of hydrogen-bond donors (Lipinski definition) is 2. The topological polar surface area (TPSA) is 128 Å². The van der Waals surface area contributed by atoms with Crippen LogP contribution in [0.1, 0.15) is 63.4 Å². The molecule has 0 bridgehead atoms. The Bertz CT molecular complexity index is 1540. The van der Waals surface area contributed by atoms with Crippen molar-refractivity contribution in [2.45, 2.75) is 64.6 Å². The summed E-state index contributed by atoms with van der Waals surface area (Å²) in [6.45, 7) is 5.96. The van der Waals surface area contributed by atoms with Crippen LogP contribution in [-0.4, -0.2) is 44.6 Å². The number of oxazole rings is 1. The van der Waals surface area contributed by atoms with Gasteiger partial charge in [0.2, 0.25) is 5.12 Å². The number of thioether (sulfide) groups is 1. The van der Waals surface area contributed by atoms with Crippen molar-refractivity contribution in [3.8, 4) is 0 Å². The number of benzene rings is 1. The number of carbonyl (C=O) groups is 2. The summed E-state index contributed by atoms with van der Waals surface area (Å²) in [5, 5.41) is 11.5. The van der Waals surface area contributed by atoms with Gasteiger partial charge < -0.3 is 20.0 Å². The maximum Gasteiger partial charge on any atom is 0.361 e. The number of esters is 1. The number of ether oxygens (including phenoxy) is 1. The van der Waals surface area contributed by atoms with E-state index >= 15 is 0 Å². The third-order valence-electron chi connectivity index (χ3n) is 11.1. The van der Waals surface area contributed by atoms with E-state index < -0.39 is 45.5 Å². The number of alkyl halides is 1. The molecule has 8 atom stereocenters. The van der Waals surface area contributed by atoms with E-state index in [-0.39, 0.29) is 35.7 Å². The van der Waals surface area contributed by atoms with Gasteiger partial charge in [-0.15, -0.1) is 0 Å². The van der Waals surface area contributed by atoms with Crippen molar-refractivity contribution < 1.29 is 32.6 Å². The predicted molar refractivity (Wildman–Crippen MR) is 162 cm³/mol. The number of carbonyl (C=O) groups excluding carboxylic acids is 2. The first-order valence-corrected chi connectivity index (χ1v) is 16.0. The van der Waals surface area contributed by atoms with Gasteiger partial charge >= 0.3 is 5.97 Å². The van der Waals surface area contributed by atoms with Crippen LogP contribution < -0.4 is 5.73 Å². The van der Waals surface area contributed by atoms with Crippen LogP contribution in [0.25, 0.3) is 0 Å². The number of aliphatic imine (C=N–C) groups is 1. The Balaban J connectivity index is 1.38. The first kappa shape index (κ1) is 30.7. The van der Waals surface area contributed by atoms with Crippen LogP contribution in [-0.2, 0) is 9.53 Å². The normalized spacial score (nSPS) is 38.0. The van der Waals surface area contributed by atoms with Crippen molar-refractivity contribution in [3.05, 3.63) is 71.9 Å². The number of allylic oxidation sites excluding steroid dienone is 3. The van der Waals surface area contributed by atoms with Gasteiger partial charge in [0.05, 0.1) is 17.5 Å². The molecule has 3 saturated carbocycles. The van der Waals surface area contributed by atoms with Gasteiger partial charge in [0.15, 0.2) is 17.7 Å². The highest BCUT2D eigenvalue weighted by atomic mass is 32.2. The minimum absolute atomic E-state index is 0.0127. The third-order valence-corrected chi connectivity index (χ3v) is 11.7. The third kappa shape index (κ3) is 4.57. The molecule has 234 valence electrons. The Morgan fingerprint density at radius 2 is 2.05 bits per heavy atom. The molecule has 2 aromatic rings. The Morgan fingerprint density at radius 3 is 2.70 bits per heavy atom. The van der Waals surface area contributed by atoms with Gasteiger partial charge in [-0.1, -0.05) is 26.3 Å². The van der Waals surface area contributed by atoms with Crippen LogP contribution in [0.5, 0.6) is 0 Å². The molecule has 0 amide bonds. The maximum absolute atomic E-state index is 13.8. The standard InChI is InChI=1S/C33H37F2N3O5S/c1-18-10-24-23-9-4-20-11-25(38-22-7-5-21(35)6-8-22)19(14-36)12-31(20,2)28(23)27(39)13-32(24,3)33(18,30(41)44-16-34)43-29(40)26-15-42-17-37-26/h5-8,11,14-15,17-18,23-24,27-28,39H,4,9-10,12-13,16,36H2,1-3H3/t18-,23+,24?,27+,28?,31+,32+,33+/m1/s1. The van der Waals surface area contributed by atoms with Gasteiger partial charge in [-0.25, -0.2) is 23.6 Å². The maximum atomic E-state index is 13.8. The molecule has 11 heteroatoms. The zero-order valence-corrected chi connectivity index (χ0v) is 25.8. The van der Waals surface area contributed by atoms with Crippen LogP contribution >= 0.6 is 11.8 Å². The molecule has 0 saturated heterocycles. The summed E-state index contributed by atoms with van der Waals surface area (Å²) in [6, 6.07) is 5.03. The first-order chi connectivity index (χ1) is 21.0. The molecular formula is C33H37F2N3O5S. The van der Waals surface area contributed by atoms with E-state index in [1.165, 1.54) is 17.7 Å². The SMILES string of the molecule is C[C@@H]1CC2[C@@H]3CCC4=CC(=Nc5ccc(F)cc5)C(=CN)C[C@]4(C)C3[C@@H](O)C[C@]2(C)[C@@]1(OC(=O)c1cocn1)C(=O)SCF. The van der Waals surface area contributed by atoms with Gasteiger partial charge in [0.25, 0.3) is 0 Å². The summed E-state index contributed by atoms with van der Waals surface area (Å²) in [7, 11) is 0. The monoisotopic (exact) mass is 625 g/mol. The number of hydrogen-bond acceptors (Lipinski definition) is 9. The van der Waals surface area contributed by atoms with Gasteiger partial charge in [-0.2, -0.15) is 0 Å². The van der Waals surface area contributed by atoms with E-state index in [9.17, 15) is 23.5 Å². The highest BCUT2D eigenvalue weighted by Gasteiger charge is 2.73. The molecule has 4 aliphatic rings. The Kier molecular flexibility index (Phi) is 7.85. The van der Waals surface area contributed by atoms with Crippen molar-refractivity contribution in [3.63, 3.8) is 0 Å². The van der Waals surface area contributed by atoms with E-state index in [2.05, 4.69) is 18.0 Å². The van der Waals surface area contributed by atoms with E-state index in [1.54, 1.807) is 18.3 Å². The fourth-order valence-corrected chi connectivity index (χ4v) is 10.1. The van der Waals surface area contributed by atoms with Crippen molar-refractivity contribution >= 4 is 34.2 Å². The quantitative estimate of drug-likeness (QED) is 0.371. The molecule has 6 rings (SSSR count). The summed E-state index contributed by atoms with van der Waals surface area (Å²) >= 11 is 0.505. The van der Waals surface area contributed by atoms with E-state index in [1.807, 2.05) is 13.8 Å². The van der Waals surface area contributed by atoms with Gasteiger partial charge in [-0.05, 0) is 109 Å².